The molecule has 0 unspecified atom stereocenters. The summed E-state index contributed by atoms with van der Waals surface area (Å²) in [5.74, 6) is 3.86. The van der Waals surface area contributed by atoms with Crippen molar-refractivity contribution in [3.8, 4) is 0 Å². The summed E-state index contributed by atoms with van der Waals surface area (Å²) in [5.41, 5.74) is 1.01. The zero-order valence-corrected chi connectivity index (χ0v) is 13.0. The average molecular weight is 290 g/mol. The molecule has 0 aliphatic rings. The Morgan fingerprint density at radius 2 is 1.81 bits per heavy atom. The predicted octanol–water partition coefficient (Wildman–Crippen LogP) is 2.13. The first-order chi connectivity index (χ1) is 10.1. The molecule has 0 saturated carbocycles. The van der Waals surface area contributed by atoms with Crippen LogP contribution in [0.4, 0.5) is 11.6 Å². The topological polar surface area (TPSA) is 88.8 Å². The molecule has 2 aromatic heterocycles. The smallest absolute Gasteiger partial charge is 0.228 e. The number of aromatic nitrogens is 4. The summed E-state index contributed by atoms with van der Waals surface area (Å²) in [6, 6.07) is 0. The van der Waals surface area contributed by atoms with Gasteiger partial charge in [0.1, 0.15) is 17.5 Å². The minimum absolute atomic E-state index is 0.634. The van der Waals surface area contributed by atoms with E-state index in [9.17, 15) is 0 Å². The van der Waals surface area contributed by atoms with Crippen LogP contribution in [0.25, 0.3) is 0 Å². The Hall–Kier alpha value is -2.18. The second-order valence-corrected chi connectivity index (χ2v) is 4.87. The van der Waals surface area contributed by atoms with Crippen LogP contribution in [0, 0.1) is 13.8 Å². The van der Waals surface area contributed by atoms with E-state index in [1.54, 1.807) is 0 Å². The molecule has 0 atom stereocenters. The number of aryl methyl sites for hydroxylation is 2. The van der Waals surface area contributed by atoms with Gasteiger partial charge in [-0.05, 0) is 20.3 Å². The maximum absolute atomic E-state index is 5.09. The fourth-order valence-corrected chi connectivity index (χ4v) is 2.04. The highest BCUT2D eigenvalue weighted by Gasteiger charge is 2.10. The molecule has 0 aromatic carbocycles. The fraction of sp³-hybridized carbons (Fsp3) is 0.571. The van der Waals surface area contributed by atoms with Crippen LogP contribution in [0.5, 0.6) is 0 Å². The first kappa shape index (κ1) is 15.2. The van der Waals surface area contributed by atoms with Gasteiger partial charge in [0.05, 0.1) is 0 Å². The van der Waals surface area contributed by atoms with Crippen LogP contribution in [0.3, 0.4) is 0 Å². The molecular formula is C14H22N6O. The molecule has 7 heteroatoms. The Labute approximate surface area is 124 Å². The number of hydrogen-bond acceptors (Lipinski definition) is 7. The van der Waals surface area contributed by atoms with E-state index < -0.39 is 0 Å². The van der Waals surface area contributed by atoms with E-state index >= 15 is 0 Å². The van der Waals surface area contributed by atoms with E-state index in [-0.39, 0.29) is 0 Å². The SMILES string of the molecule is CCCc1nc(NC)c(C)c(NCCc2nc(C)no2)n1. The third kappa shape index (κ3) is 3.90. The van der Waals surface area contributed by atoms with Crippen molar-refractivity contribution < 1.29 is 4.52 Å². The zero-order valence-electron chi connectivity index (χ0n) is 13.0. The molecule has 7 nitrogen and oxygen atoms in total. The van der Waals surface area contributed by atoms with Gasteiger partial charge in [0, 0.05) is 32.0 Å². The average Bonchev–Trinajstić information content (AvgIpc) is 2.88. The maximum atomic E-state index is 5.09. The minimum atomic E-state index is 0.634. The molecule has 0 amide bonds. The van der Waals surface area contributed by atoms with Gasteiger partial charge in [0.25, 0.3) is 0 Å². The summed E-state index contributed by atoms with van der Waals surface area (Å²) in [5, 5.41) is 10.2. The summed E-state index contributed by atoms with van der Waals surface area (Å²) in [7, 11) is 1.87. The highest BCUT2D eigenvalue weighted by Crippen LogP contribution is 2.20. The Kier molecular flexibility index (Phi) is 5.08. The normalized spacial score (nSPS) is 10.7. The van der Waals surface area contributed by atoms with Crippen LogP contribution in [-0.4, -0.2) is 33.7 Å². The summed E-state index contributed by atoms with van der Waals surface area (Å²) in [4.78, 5) is 13.3. The van der Waals surface area contributed by atoms with Gasteiger partial charge in [0.2, 0.25) is 5.89 Å². The van der Waals surface area contributed by atoms with Crippen LogP contribution < -0.4 is 10.6 Å². The van der Waals surface area contributed by atoms with Crippen molar-refractivity contribution in [1.82, 2.24) is 20.1 Å². The van der Waals surface area contributed by atoms with Crippen molar-refractivity contribution >= 4 is 11.6 Å². The van der Waals surface area contributed by atoms with Crippen molar-refractivity contribution in [2.45, 2.75) is 40.0 Å². The molecule has 2 N–H and O–H groups in total. The van der Waals surface area contributed by atoms with Crippen molar-refractivity contribution in [3.05, 3.63) is 23.1 Å². The first-order valence-electron chi connectivity index (χ1n) is 7.22. The van der Waals surface area contributed by atoms with Crippen molar-refractivity contribution in [2.24, 2.45) is 0 Å². The first-order valence-corrected chi connectivity index (χ1v) is 7.22. The number of nitrogens with one attached hydrogen (secondary N) is 2. The highest BCUT2D eigenvalue weighted by atomic mass is 16.5. The van der Waals surface area contributed by atoms with Gasteiger partial charge in [-0.2, -0.15) is 4.98 Å². The standard InChI is InChI=1S/C14H22N6O/c1-5-6-11-18-13(15-4)9(2)14(19-11)16-8-7-12-17-10(3)20-21-12/h5-8H2,1-4H3,(H2,15,16,18,19). The Balaban J connectivity index is 2.05. The monoisotopic (exact) mass is 290 g/mol. The number of hydrogen-bond donors (Lipinski definition) is 2. The summed E-state index contributed by atoms with van der Waals surface area (Å²) in [6.45, 7) is 6.62. The maximum Gasteiger partial charge on any atom is 0.228 e. The molecule has 0 spiro atoms. The minimum Gasteiger partial charge on any atom is -0.373 e. The summed E-state index contributed by atoms with van der Waals surface area (Å²) < 4.78 is 5.09. The lowest BCUT2D eigenvalue weighted by molar-refractivity contribution is 0.377. The molecule has 0 fully saturated rings. The Bertz CT molecular complexity index is 595. The lowest BCUT2D eigenvalue weighted by Gasteiger charge is -2.13. The lowest BCUT2D eigenvalue weighted by Crippen LogP contribution is -2.12. The van der Waals surface area contributed by atoms with Crippen LogP contribution in [-0.2, 0) is 12.8 Å². The third-order valence-corrected chi connectivity index (χ3v) is 3.10. The van der Waals surface area contributed by atoms with Gasteiger partial charge in [0.15, 0.2) is 5.82 Å². The van der Waals surface area contributed by atoms with E-state index in [0.717, 1.165) is 35.9 Å². The molecule has 21 heavy (non-hydrogen) atoms. The van der Waals surface area contributed by atoms with Gasteiger partial charge in [-0.3, -0.25) is 0 Å². The molecule has 0 bridgehead atoms. The van der Waals surface area contributed by atoms with E-state index in [1.165, 1.54) is 0 Å². The van der Waals surface area contributed by atoms with Gasteiger partial charge in [-0.15, -0.1) is 0 Å². The van der Waals surface area contributed by atoms with E-state index in [0.29, 0.717) is 24.7 Å². The molecule has 114 valence electrons. The Morgan fingerprint density at radius 3 is 2.43 bits per heavy atom. The van der Waals surface area contributed by atoms with Crippen molar-refractivity contribution in [3.63, 3.8) is 0 Å². The van der Waals surface area contributed by atoms with Gasteiger partial charge < -0.3 is 15.2 Å². The molecule has 2 heterocycles. The van der Waals surface area contributed by atoms with Crippen LogP contribution in [0.1, 0.15) is 36.4 Å². The summed E-state index contributed by atoms with van der Waals surface area (Å²) in [6.07, 6.45) is 2.56. The van der Waals surface area contributed by atoms with Gasteiger partial charge >= 0.3 is 0 Å². The lowest BCUT2D eigenvalue weighted by atomic mass is 10.2. The molecule has 2 aromatic rings. The molecule has 0 radical (unpaired) electrons. The fourth-order valence-electron chi connectivity index (χ4n) is 2.04. The van der Waals surface area contributed by atoms with Crippen LogP contribution >= 0.6 is 0 Å². The summed E-state index contributed by atoms with van der Waals surface area (Å²) >= 11 is 0. The number of anilines is 2. The second kappa shape index (κ2) is 7.01. The molecule has 0 aliphatic carbocycles. The van der Waals surface area contributed by atoms with E-state index in [1.807, 2.05) is 20.9 Å². The molecule has 2 rings (SSSR count). The van der Waals surface area contributed by atoms with Crippen LogP contribution in [0.2, 0.25) is 0 Å². The molecular weight excluding hydrogens is 268 g/mol. The largest absolute Gasteiger partial charge is 0.373 e. The van der Waals surface area contributed by atoms with Gasteiger partial charge in [-0.25, -0.2) is 9.97 Å². The van der Waals surface area contributed by atoms with Crippen molar-refractivity contribution in [2.75, 3.05) is 24.2 Å². The quantitative estimate of drug-likeness (QED) is 0.807. The predicted molar refractivity (Wildman–Crippen MR) is 81.5 cm³/mol. The van der Waals surface area contributed by atoms with E-state index in [2.05, 4.69) is 37.7 Å². The molecule has 0 aliphatic heterocycles. The zero-order chi connectivity index (χ0) is 15.2. The second-order valence-electron chi connectivity index (χ2n) is 4.87. The number of rotatable bonds is 7. The van der Waals surface area contributed by atoms with E-state index in [4.69, 9.17) is 4.52 Å². The van der Waals surface area contributed by atoms with Crippen molar-refractivity contribution in [1.29, 1.82) is 0 Å². The molecule has 0 saturated heterocycles. The number of nitrogens with zero attached hydrogens (tertiary/aromatic N) is 4. The third-order valence-electron chi connectivity index (χ3n) is 3.10. The Morgan fingerprint density at radius 1 is 1.05 bits per heavy atom. The van der Waals surface area contributed by atoms with Gasteiger partial charge in [-0.1, -0.05) is 12.1 Å². The highest BCUT2D eigenvalue weighted by molar-refractivity contribution is 5.57. The van der Waals surface area contributed by atoms with Crippen LogP contribution in [0.15, 0.2) is 4.52 Å².